The molecule has 3 nitrogen and oxygen atoms in total. The van der Waals surface area contributed by atoms with Gasteiger partial charge in [0.15, 0.2) is 11.5 Å². The Labute approximate surface area is 124 Å². The van der Waals surface area contributed by atoms with Crippen LogP contribution in [-0.4, -0.2) is 19.3 Å². The largest absolute Gasteiger partial charge is 0.493 e. The van der Waals surface area contributed by atoms with E-state index in [1.165, 1.54) is 12.1 Å². The number of aliphatic hydroxyl groups is 1. The second-order valence-corrected chi connectivity index (χ2v) is 4.97. The third kappa shape index (κ3) is 3.00. The average molecular weight is 290 g/mol. The smallest absolute Gasteiger partial charge is 0.161 e. The van der Waals surface area contributed by atoms with Gasteiger partial charge in [-0.2, -0.15) is 0 Å². The van der Waals surface area contributed by atoms with Crippen molar-refractivity contribution in [1.29, 1.82) is 0 Å². The van der Waals surface area contributed by atoms with Crippen molar-refractivity contribution in [3.8, 4) is 11.5 Å². The van der Waals surface area contributed by atoms with Crippen molar-refractivity contribution in [2.75, 3.05) is 14.2 Å². The minimum Gasteiger partial charge on any atom is -0.493 e. The van der Waals surface area contributed by atoms with Gasteiger partial charge in [-0.1, -0.05) is 6.07 Å². The van der Waals surface area contributed by atoms with Crippen molar-refractivity contribution in [2.45, 2.75) is 20.0 Å². The van der Waals surface area contributed by atoms with Gasteiger partial charge in [-0.15, -0.1) is 0 Å². The van der Waals surface area contributed by atoms with Gasteiger partial charge in [0.05, 0.1) is 14.2 Å². The van der Waals surface area contributed by atoms with E-state index in [-0.39, 0.29) is 5.82 Å². The number of methoxy groups -OCH3 is 2. The standard InChI is InChI=1S/C17H19FO3/c1-10-7-12(18)5-6-13(10)17(19)14-9-16(21-4)15(20-3)8-11(14)2/h5-9,17,19H,1-4H3. The highest BCUT2D eigenvalue weighted by atomic mass is 19.1. The first kappa shape index (κ1) is 15.3. The van der Waals surface area contributed by atoms with E-state index >= 15 is 0 Å². The third-order valence-electron chi connectivity index (χ3n) is 3.59. The molecule has 0 aliphatic heterocycles. The second kappa shape index (κ2) is 6.14. The number of hydrogen-bond acceptors (Lipinski definition) is 3. The summed E-state index contributed by atoms with van der Waals surface area (Å²) in [4.78, 5) is 0. The third-order valence-corrected chi connectivity index (χ3v) is 3.59. The van der Waals surface area contributed by atoms with Gasteiger partial charge < -0.3 is 14.6 Å². The minimum atomic E-state index is -0.842. The van der Waals surface area contributed by atoms with E-state index in [9.17, 15) is 9.50 Å². The van der Waals surface area contributed by atoms with Crippen LogP contribution in [0.2, 0.25) is 0 Å². The SMILES string of the molecule is COc1cc(C)c(C(O)c2ccc(F)cc2C)cc1OC. The van der Waals surface area contributed by atoms with Gasteiger partial charge in [0.25, 0.3) is 0 Å². The predicted molar refractivity (Wildman–Crippen MR) is 79.5 cm³/mol. The van der Waals surface area contributed by atoms with Crippen molar-refractivity contribution >= 4 is 0 Å². The summed E-state index contributed by atoms with van der Waals surface area (Å²) in [6.45, 7) is 3.66. The van der Waals surface area contributed by atoms with Crippen LogP contribution in [0.15, 0.2) is 30.3 Å². The normalized spacial score (nSPS) is 12.1. The molecule has 0 spiro atoms. The molecule has 0 saturated carbocycles. The summed E-state index contributed by atoms with van der Waals surface area (Å²) in [5, 5.41) is 10.6. The van der Waals surface area contributed by atoms with Crippen LogP contribution in [0.3, 0.4) is 0 Å². The summed E-state index contributed by atoms with van der Waals surface area (Å²) >= 11 is 0. The first-order valence-electron chi connectivity index (χ1n) is 6.64. The first-order valence-corrected chi connectivity index (χ1v) is 6.64. The van der Waals surface area contributed by atoms with Crippen LogP contribution < -0.4 is 9.47 Å². The molecule has 0 saturated heterocycles. The summed E-state index contributed by atoms with van der Waals surface area (Å²) in [5.74, 6) is 0.853. The number of aryl methyl sites for hydroxylation is 2. The molecule has 0 bridgehead atoms. The van der Waals surface area contributed by atoms with Crippen LogP contribution in [0.5, 0.6) is 11.5 Å². The molecule has 0 aliphatic carbocycles. The first-order chi connectivity index (χ1) is 9.97. The summed E-state index contributed by atoms with van der Waals surface area (Å²) in [6.07, 6.45) is -0.842. The molecule has 112 valence electrons. The van der Waals surface area contributed by atoms with Gasteiger partial charge in [-0.3, -0.25) is 0 Å². The van der Waals surface area contributed by atoms with Gasteiger partial charge in [0, 0.05) is 0 Å². The zero-order valence-corrected chi connectivity index (χ0v) is 12.6. The highest BCUT2D eigenvalue weighted by molar-refractivity contribution is 5.50. The van der Waals surface area contributed by atoms with Crippen LogP contribution in [-0.2, 0) is 0 Å². The Bertz CT molecular complexity index is 653. The number of aliphatic hydroxyl groups excluding tert-OH is 1. The number of benzene rings is 2. The maximum absolute atomic E-state index is 13.2. The molecule has 1 atom stereocenters. The fourth-order valence-electron chi connectivity index (χ4n) is 2.40. The topological polar surface area (TPSA) is 38.7 Å². The average Bonchev–Trinajstić information content (AvgIpc) is 2.46. The quantitative estimate of drug-likeness (QED) is 0.936. The summed E-state index contributed by atoms with van der Waals surface area (Å²) in [7, 11) is 3.12. The molecule has 2 aromatic rings. The summed E-state index contributed by atoms with van der Waals surface area (Å²) in [6, 6.07) is 7.93. The van der Waals surface area contributed by atoms with Crippen LogP contribution >= 0.6 is 0 Å². The van der Waals surface area contributed by atoms with E-state index in [1.54, 1.807) is 33.3 Å². The Morgan fingerprint density at radius 3 is 2.05 bits per heavy atom. The zero-order chi connectivity index (χ0) is 15.6. The Hall–Kier alpha value is -2.07. The Kier molecular flexibility index (Phi) is 4.48. The minimum absolute atomic E-state index is 0.313. The van der Waals surface area contributed by atoms with E-state index in [4.69, 9.17) is 9.47 Å². The van der Waals surface area contributed by atoms with E-state index in [0.717, 1.165) is 5.56 Å². The van der Waals surface area contributed by atoms with Gasteiger partial charge >= 0.3 is 0 Å². The summed E-state index contributed by atoms with van der Waals surface area (Å²) < 4.78 is 23.7. The van der Waals surface area contributed by atoms with E-state index in [2.05, 4.69) is 0 Å². The van der Waals surface area contributed by atoms with Crippen molar-refractivity contribution in [1.82, 2.24) is 0 Å². The van der Waals surface area contributed by atoms with E-state index in [1.807, 2.05) is 13.0 Å². The van der Waals surface area contributed by atoms with Crippen LogP contribution in [0.25, 0.3) is 0 Å². The van der Waals surface area contributed by atoms with E-state index < -0.39 is 6.10 Å². The highest BCUT2D eigenvalue weighted by Gasteiger charge is 2.18. The predicted octanol–water partition coefficient (Wildman–Crippen LogP) is 3.54. The Morgan fingerprint density at radius 1 is 0.905 bits per heavy atom. The van der Waals surface area contributed by atoms with Crippen molar-refractivity contribution in [3.05, 3.63) is 58.4 Å². The molecular formula is C17H19FO3. The van der Waals surface area contributed by atoms with Crippen LogP contribution in [0, 0.1) is 19.7 Å². The van der Waals surface area contributed by atoms with Gasteiger partial charge in [-0.25, -0.2) is 4.39 Å². The lowest BCUT2D eigenvalue weighted by Crippen LogP contribution is -2.05. The van der Waals surface area contributed by atoms with Crippen molar-refractivity contribution in [3.63, 3.8) is 0 Å². The number of ether oxygens (including phenoxy) is 2. The molecule has 0 aliphatic rings. The molecule has 2 rings (SSSR count). The van der Waals surface area contributed by atoms with Gasteiger partial charge in [0.2, 0.25) is 0 Å². The highest BCUT2D eigenvalue weighted by Crippen LogP contribution is 2.35. The molecule has 0 fully saturated rings. The monoisotopic (exact) mass is 290 g/mol. The molecular weight excluding hydrogens is 271 g/mol. The molecule has 1 unspecified atom stereocenters. The summed E-state index contributed by atoms with van der Waals surface area (Å²) in [5.41, 5.74) is 2.97. The molecule has 4 heteroatoms. The molecule has 21 heavy (non-hydrogen) atoms. The molecule has 2 aromatic carbocycles. The fourth-order valence-corrected chi connectivity index (χ4v) is 2.40. The number of halogens is 1. The van der Waals surface area contributed by atoms with Crippen molar-refractivity contribution < 1.29 is 19.0 Å². The number of rotatable bonds is 4. The van der Waals surface area contributed by atoms with Gasteiger partial charge in [0.1, 0.15) is 11.9 Å². The van der Waals surface area contributed by atoms with Crippen molar-refractivity contribution in [2.24, 2.45) is 0 Å². The molecule has 0 aromatic heterocycles. The molecule has 0 radical (unpaired) electrons. The Balaban J connectivity index is 2.50. The number of hydrogen-bond donors (Lipinski definition) is 1. The maximum Gasteiger partial charge on any atom is 0.161 e. The lowest BCUT2D eigenvalue weighted by molar-refractivity contribution is 0.217. The van der Waals surface area contributed by atoms with Crippen LogP contribution in [0.4, 0.5) is 4.39 Å². The maximum atomic E-state index is 13.2. The fraction of sp³-hybridized carbons (Fsp3) is 0.294. The molecule has 0 amide bonds. The van der Waals surface area contributed by atoms with Gasteiger partial charge in [-0.05, 0) is 60.4 Å². The van der Waals surface area contributed by atoms with Crippen LogP contribution in [0.1, 0.15) is 28.4 Å². The Morgan fingerprint density at radius 2 is 1.48 bits per heavy atom. The second-order valence-electron chi connectivity index (χ2n) is 4.97. The molecule has 0 heterocycles. The zero-order valence-electron chi connectivity index (χ0n) is 12.6. The lowest BCUT2D eigenvalue weighted by atomic mass is 9.94. The van der Waals surface area contributed by atoms with E-state index in [0.29, 0.717) is 28.2 Å². The molecule has 1 N–H and O–H groups in total. The lowest BCUT2D eigenvalue weighted by Gasteiger charge is -2.19.